The summed E-state index contributed by atoms with van der Waals surface area (Å²) < 4.78 is 16.8. The highest BCUT2D eigenvalue weighted by Crippen LogP contribution is 2.26. The SMILES string of the molecule is CN=C(NCc1cccnc1N1CCOCC1)NCC(C)Oc1ccccc1OC.I. The van der Waals surface area contributed by atoms with Crippen LogP contribution in [-0.2, 0) is 11.3 Å². The van der Waals surface area contributed by atoms with E-state index in [0.29, 0.717) is 19.0 Å². The Bertz CT molecular complexity index is 830. The number of pyridine rings is 1. The Morgan fingerprint density at radius 1 is 1.16 bits per heavy atom. The van der Waals surface area contributed by atoms with E-state index >= 15 is 0 Å². The number of guanidine groups is 1. The van der Waals surface area contributed by atoms with Crippen LogP contribution in [-0.4, -0.2) is 64.1 Å². The second-order valence-corrected chi connectivity index (χ2v) is 6.97. The smallest absolute Gasteiger partial charge is 0.191 e. The second kappa shape index (κ2) is 13.2. The van der Waals surface area contributed by atoms with E-state index in [0.717, 1.165) is 49.2 Å². The predicted molar refractivity (Wildman–Crippen MR) is 134 cm³/mol. The van der Waals surface area contributed by atoms with E-state index in [9.17, 15) is 0 Å². The zero-order valence-corrected chi connectivity index (χ0v) is 20.7. The summed E-state index contributed by atoms with van der Waals surface area (Å²) in [5.41, 5.74) is 1.13. The average molecular weight is 541 g/mol. The highest BCUT2D eigenvalue weighted by molar-refractivity contribution is 14.0. The highest BCUT2D eigenvalue weighted by atomic mass is 127. The van der Waals surface area contributed by atoms with Gasteiger partial charge in [-0.25, -0.2) is 4.98 Å². The van der Waals surface area contributed by atoms with Crippen LogP contribution in [0.1, 0.15) is 12.5 Å². The van der Waals surface area contributed by atoms with Crippen molar-refractivity contribution in [3.05, 3.63) is 48.2 Å². The number of ether oxygens (including phenoxy) is 3. The van der Waals surface area contributed by atoms with Gasteiger partial charge in [0, 0.05) is 38.4 Å². The van der Waals surface area contributed by atoms with Gasteiger partial charge >= 0.3 is 0 Å². The fourth-order valence-electron chi connectivity index (χ4n) is 3.24. The number of halogens is 1. The Balaban J connectivity index is 0.00000341. The molecule has 1 aliphatic heterocycles. The van der Waals surface area contributed by atoms with Gasteiger partial charge < -0.3 is 29.7 Å². The van der Waals surface area contributed by atoms with Crippen LogP contribution in [0.4, 0.5) is 5.82 Å². The van der Waals surface area contributed by atoms with Crippen LogP contribution in [0, 0.1) is 0 Å². The van der Waals surface area contributed by atoms with Gasteiger partial charge in [-0.2, -0.15) is 0 Å². The lowest BCUT2D eigenvalue weighted by Crippen LogP contribution is -2.42. The number of hydrogen-bond donors (Lipinski definition) is 2. The van der Waals surface area contributed by atoms with E-state index in [1.807, 2.05) is 43.5 Å². The van der Waals surface area contributed by atoms with Crippen molar-refractivity contribution in [3.8, 4) is 11.5 Å². The third-order valence-electron chi connectivity index (χ3n) is 4.80. The number of benzene rings is 1. The molecule has 1 aromatic heterocycles. The zero-order chi connectivity index (χ0) is 21.2. The molecule has 0 aliphatic carbocycles. The fraction of sp³-hybridized carbons (Fsp3) is 0.455. The van der Waals surface area contributed by atoms with E-state index in [1.165, 1.54) is 0 Å². The van der Waals surface area contributed by atoms with E-state index in [-0.39, 0.29) is 30.1 Å². The first kappa shape index (κ1) is 25.0. The molecule has 0 radical (unpaired) electrons. The first-order valence-electron chi connectivity index (χ1n) is 10.2. The molecule has 31 heavy (non-hydrogen) atoms. The first-order chi connectivity index (χ1) is 14.7. The predicted octanol–water partition coefficient (Wildman–Crippen LogP) is 2.68. The Kier molecular flexibility index (Phi) is 10.6. The van der Waals surface area contributed by atoms with Crippen LogP contribution < -0.4 is 25.0 Å². The summed E-state index contributed by atoms with van der Waals surface area (Å²) in [6.45, 7) is 6.41. The van der Waals surface area contributed by atoms with Crippen LogP contribution >= 0.6 is 24.0 Å². The van der Waals surface area contributed by atoms with Gasteiger partial charge in [0.15, 0.2) is 17.5 Å². The third-order valence-corrected chi connectivity index (χ3v) is 4.80. The van der Waals surface area contributed by atoms with Crippen molar-refractivity contribution in [1.29, 1.82) is 0 Å². The van der Waals surface area contributed by atoms with Gasteiger partial charge in [-0.3, -0.25) is 4.99 Å². The van der Waals surface area contributed by atoms with Crippen LogP contribution in [0.2, 0.25) is 0 Å². The van der Waals surface area contributed by atoms with Crippen molar-refractivity contribution in [3.63, 3.8) is 0 Å². The minimum atomic E-state index is -0.0675. The molecule has 1 atom stereocenters. The molecule has 0 spiro atoms. The maximum Gasteiger partial charge on any atom is 0.191 e. The Hall–Kier alpha value is -2.27. The van der Waals surface area contributed by atoms with Crippen molar-refractivity contribution < 1.29 is 14.2 Å². The molecule has 0 saturated carbocycles. The van der Waals surface area contributed by atoms with Crippen LogP contribution in [0.25, 0.3) is 0 Å². The minimum absolute atomic E-state index is 0. The number of aliphatic imine (C=N–C) groups is 1. The third kappa shape index (κ3) is 7.42. The van der Waals surface area contributed by atoms with Crippen LogP contribution in [0.15, 0.2) is 47.6 Å². The summed E-state index contributed by atoms with van der Waals surface area (Å²) in [5.74, 6) is 3.15. The summed E-state index contributed by atoms with van der Waals surface area (Å²) in [6.07, 6.45) is 1.76. The van der Waals surface area contributed by atoms with Gasteiger partial charge in [0.1, 0.15) is 11.9 Å². The number of morpholine rings is 1. The van der Waals surface area contributed by atoms with Crippen molar-refractivity contribution >= 4 is 35.8 Å². The fourth-order valence-corrected chi connectivity index (χ4v) is 3.24. The Morgan fingerprint density at radius 2 is 1.90 bits per heavy atom. The van der Waals surface area contributed by atoms with Gasteiger partial charge in [-0.05, 0) is 25.1 Å². The summed E-state index contributed by atoms with van der Waals surface area (Å²) in [5, 5.41) is 6.68. The second-order valence-electron chi connectivity index (χ2n) is 6.97. The lowest BCUT2D eigenvalue weighted by molar-refractivity contribution is 0.122. The van der Waals surface area contributed by atoms with Crippen molar-refractivity contribution in [2.45, 2.75) is 19.6 Å². The monoisotopic (exact) mass is 541 g/mol. The summed E-state index contributed by atoms with van der Waals surface area (Å²) in [6, 6.07) is 11.7. The summed E-state index contributed by atoms with van der Waals surface area (Å²) in [4.78, 5) is 11.2. The number of para-hydroxylation sites is 2. The number of nitrogens with zero attached hydrogens (tertiary/aromatic N) is 3. The van der Waals surface area contributed by atoms with E-state index in [1.54, 1.807) is 14.2 Å². The van der Waals surface area contributed by atoms with Crippen molar-refractivity contribution in [1.82, 2.24) is 15.6 Å². The Morgan fingerprint density at radius 3 is 2.61 bits per heavy atom. The number of aromatic nitrogens is 1. The molecule has 0 bridgehead atoms. The topological polar surface area (TPSA) is 80.2 Å². The molecular formula is C22H32IN5O3. The molecule has 1 aliphatic rings. The molecular weight excluding hydrogens is 509 g/mol. The van der Waals surface area contributed by atoms with E-state index < -0.39 is 0 Å². The number of rotatable bonds is 8. The molecule has 3 rings (SSSR count). The van der Waals surface area contributed by atoms with Crippen molar-refractivity contribution in [2.75, 3.05) is 51.9 Å². The maximum atomic E-state index is 5.99. The van der Waals surface area contributed by atoms with Gasteiger partial charge in [-0.15, -0.1) is 24.0 Å². The minimum Gasteiger partial charge on any atom is -0.493 e. The zero-order valence-electron chi connectivity index (χ0n) is 18.3. The molecule has 2 heterocycles. The summed E-state index contributed by atoms with van der Waals surface area (Å²) >= 11 is 0. The highest BCUT2D eigenvalue weighted by Gasteiger charge is 2.16. The quantitative estimate of drug-likeness (QED) is 0.302. The average Bonchev–Trinajstić information content (AvgIpc) is 2.80. The lowest BCUT2D eigenvalue weighted by atomic mass is 10.2. The first-order valence-corrected chi connectivity index (χ1v) is 10.2. The number of anilines is 1. The number of nitrogens with one attached hydrogen (secondary N) is 2. The van der Waals surface area contributed by atoms with Crippen molar-refractivity contribution in [2.24, 2.45) is 4.99 Å². The molecule has 1 saturated heterocycles. The molecule has 2 N–H and O–H groups in total. The van der Waals surface area contributed by atoms with Gasteiger partial charge in [0.25, 0.3) is 0 Å². The normalized spacial score (nSPS) is 14.9. The number of methoxy groups -OCH3 is 1. The standard InChI is InChI=1S/C22H31N5O3.HI/c1-17(30-20-9-5-4-8-19(20)28-3)15-25-22(23-2)26-16-18-7-6-10-24-21(18)27-11-13-29-14-12-27;/h4-10,17H,11-16H2,1-3H3,(H2,23,25,26);1H. The molecule has 170 valence electrons. The van der Waals surface area contributed by atoms with Gasteiger partial charge in [-0.1, -0.05) is 18.2 Å². The summed E-state index contributed by atoms with van der Waals surface area (Å²) in [7, 11) is 3.40. The molecule has 1 aromatic carbocycles. The van der Waals surface area contributed by atoms with Crippen LogP contribution in [0.5, 0.6) is 11.5 Å². The largest absolute Gasteiger partial charge is 0.493 e. The van der Waals surface area contributed by atoms with E-state index in [4.69, 9.17) is 14.2 Å². The molecule has 1 unspecified atom stereocenters. The molecule has 9 heteroatoms. The number of hydrogen-bond acceptors (Lipinski definition) is 6. The molecule has 0 amide bonds. The van der Waals surface area contributed by atoms with Crippen LogP contribution in [0.3, 0.4) is 0 Å². The van der Waals surface area contributed by atoms with Gasteiger partial charge in [0.05, 0.1) is 26.9 Å². The molecule has 1 fully saturated rings. The van der Waals surface area contributed by atoms with Gasteiger partial charge in [0.2, 0.25) is 0 Å². The molecule has 2 aromatic rings. The maximum absolute atomic E-state index is 5.99. The van der Waals surface area contributed by atoms with E-state index in [2.05, 4.69) is 31.6 Å². The molecule has 8 nitrogen and oxygen atoms in total. The lowest BCUT2D eigenvalue weighted by Gasteiger charge is -2.29. The Labute approximate surface area is 201 Å².